The number of aryl methyl sites for hydroxylation is 1. The van der Waals surface area contributed by atoms with Crippen LogP contribution in [0.15, 0.2) is 0 Å². The lowest BCUT2D eigenvalue weighted by Gasteiger charge is -2.20. The molecule has 1 aliphatic carbocycles. The van der Waals surface area contributed by atoms with Gasteiger partial charge in [-0.2, -0.15) is 5.26 Å². The summed E-state index contributed by atoms with van der Waals surface area (Å²) in [5, 5.41) is 18.9. The molecule has 0 atom stereocenters. The van der Waals surface area contributed by atoms with E-state index in [1.54, 1.807) is 11.3 Å². The van der Waals surface area contributed by atoms with Crippen LogP contribution in [0.25, 0.3) is 0 Å². The van der Waals surface area contributed by atoms with Gasteiger partial charge in [0.15, 0.2) is 0 Å². The topological polar surface area (TPSA) is 64.3 Å². The van der Waals surface area contributed by atoms with Gasteiger partial charge in [0.05, 0.1) is 18.5 Å². The number of carbonyl (C=O) groups is 1. The summed E-state index contributed by atoms with van der Waals surface area (Å²) >= 11 is 1.59. The highest BCUT2D eigenvalue weighted by atomic mass is 32.1. The Bertz CT molecular complexity index is 577. The Labute approximate surface area is 116 Å². The summed E-state index contributed by atoms with van der Waals surface area (Å²) in [6.07, 6.45) is 8.41. The van der Waals surface area contributed by atoms with Crippen LogP contribution in [0.4, 0.5) is 5.00 Å². The number of hydrogen-bond donors (Lipinski definition) is 1. The van der Waals surface area contributed by atoms with Crippen molar-refractivity contribution in [2.24, 2.45) is 0 Å². The number of terminal acetylenes is 1. The fourth-order valence-corrected chi connectivity index (χ4v) is 3.68. The fourth-order valence-electron chi connectivity index (χ4n) is 2.32. The van der Waals surface area contributed by atoms with Gasteiger partial charge in [0.1, 0.15) is 11.1 Å². The molecule has 5 heteroatoms. The third kappa shape index (κ3) is 2.72. The summed E-state index contributed by atoms with van der Waals surface area (Å²) in [6.45, 7) is 0.676. The van der Waals surface area contributed by atoms with Gasteiger partial charge in [0.2, 0.25) is 0 Å². The van der Waals surface area contributed by atoms with Crippen LogP contribution < -0.4 is 4.90 Å². The molecule has 0 radical (unpaired) electrons. The lowest BCUT2D eigenvalue weighted by atomic mass is 10.1. The summed E-state index contributed by atoms with van der Waals surface area (Å²) in [7, 11) is 0. The Morgan fingerprint density at radius 2 is 2.32 bits per heavy atom. The number of rotatable bonds is 5. The first-order valence-corrected chi connectivity index (χ1v) is 6.94. The van der Waals surface area contributed by atoms with E-state index >= 15 is 0 Å². The second kappa shape index (κ2) is 5.77. The quantitative estimate of drug-likeness (QED) is 0.834. The molecular weight excluding hydrogens is 260 g/mol. The Hall–Kier alpha value is -1.98. The Morgan fingerprint density at radius 3 is 2.95 bits per heavy atom. The zero-order valence-corrected chi connectivity index (χ0v) is 11.3. The van der Waals surface area contributed by atoms with Crippen molar-refractivity contribution in [3.05, 3.63) is 16.0 Å². The summed E-state index contributed by atoms with van der Waals surface area (Å²) in [6, 6.07) is 2.26. The van der Waals surface area contributed by atoms with Crippen LogP contribution in [0.3, 0.4) is 0 Å². The highest BCUT2D eigenvalue weighted by Gasteiger charge is 2.25. The number of hydrogen-bond acceptors (Lipinski definition) is 4. The van der Waals surface area contributed by atoms with Crippen LogP contribution in [0, 0.1) is 23.7 Å². The number of aliphatic carboxylic acids is 1. The zero-order valence-electron chi connectivity index (χ0n) is 10.5. The maximum absolute atomic E-state index is 10.7. The Balaban J connectivity index is 2.29. The van der Waals surface area contributed by atoms with E-state index in [-0.39, 0.29) is 6.42 Å². The van der Waals surface area contributed by atoms with E-state index in [0.29, 0.717) is 18.7 Å². The molecule has 19 heavy (non-hydrogen) atoms. The van der Waals surface area contributed by atoms with E-state index in [9.17, 15) is 10.1 Å². The van der Waals surface area contributed by atoms with E-state index in [2.05, 4.69) is 12.0 Å². The summed E-state index contributed by atoms with van der Waals surface area (Å²) in [5.41, 5.74) is 1.83. The lowest BCUT2D eigenvalue weighted by Crippen LogP contribution is -2.26. The standard InChI is InChI=1S/C14H14N2O2S/c1-2-7-16(8-6-13(17)18)14-11(9-15)10-4-3-5-12(10)19-14/h1H,3-8H2,(H,17,18). The van der Waals surface area contributed by atoms with Gasteiger partial charge in [-0.3, -0.25) is 4.79 Å². The van der Waals surface area contributed by atoms with Crippen molar-refractivity contribution >= 4 is 22.3 Å². The van der Waals surface area contributed by atoms with Gasteiger partial charge in [-0.05, 0) is 24.8 Å². The van der Waals surface area contributed by atoms with Gasteiger partial charge < -0.3 is 10.0 Å². The van der Waals surface area contributed by atoms with Crippen LogP contribution in [-0.2, 0) is 17.6 Å². The predicted molar refractivity (Wildman–Crippen MR) is 74.4 cm³/mol. The molecule has 0 unspecified atom stereocenters. The van der Waals surface area contributed by atoms with Crippen molar-refractivity contribution in [3.63, 3.8) is 0 Å². The Morgan fingerprint density at radius 1 is 1.53 bits per heavy atom. The molecule has 1 N–H and O–H groups in total. The maximum atomic E-state index is 10.7. The Kier molecular flexibility index (Phi) is 4.09. The molecule has 0 aromatic carbocycles. The normalized spacial score (nSPS) is 12.5. The third-order valence-corrected chi connectivity index (χ3v) is 4.53. The first-order chi connectivity index (χ1) is 9.17. The minimum atomic E-state index is -0.857. The van der Waals surface area contributed by atoms with Gasteiger partial charge >= 0.3 is 5.97 Å². The molecular formula is C14H14N2O2S. The number of nitrogens with zero attached hydrogens (tertiary/aromatic N) is 2. The second-order valence-corrected chi connectivity index (χ2v) is 5.50. The summed E-state index contributed by atoms with van der Waals surface area (Å²) < 4.78 is 0. The first kappa shape index (κ1) is 13.5. The van der Waals surface area contributed by atoms with Crippen molar-refractivity contribution in [1.82, 2.24) is 0 Å². The van der Waals surface area contributed by atoms with Crippen LogP contribution >= 0.6 is 11.3 Å². The van der Waals surface area contributed by atoms with Crippen LogP contribution in [0.1, 0.15) is 28.8 Å². The predicted octanol–water partition coefficient (Wildman–Crippen LogP) is 2.02. The monoisotopic (exact) mass is 274 g/mol. The number of carboxylic acid groups (broad SMARTS) is 1. The van der Waals surface area contributed by atoms with E-state index in [4.69, 9.17) is 11.5 Å². The SMILES string of the molecule is C#CCN(CCC(=O)O)c1sc2c(c1C#N)CCC2. The average molecular weight is 274 g/mol. The zero-order chi connectivity index (χ0) is 13.8. The molecule has 0 saturated carbocycles. The number of fused-ring (bicyclic) bond motifs is 1. The minimum absolute atomic E-state index is 0.0229. The van der Waals surface area contributed by atoms with Crippen molar-refractivity contribution in [1.29, 1.82) is 5.26 Å². The maximum Gasteiger partial charge on any atom is 0.305 e. The van der Waals surface area contributed by atoms with Crippen LogP contribution in [0.2, 0.25) is 0 Å². The second-order valence-electron chi connectivity index (χ2n) is 4.42. The molecule has 1 aromatic rings. The number of carboxylic acids is 1. The van der Waals surface area contributed by atoms with Crippen molar-refractivity contribution in [2.45, 2.75) is 25.7 Å². The molecule has 0 amide bonds. The van der Waals surface area contributed by atoms with Gasteiger partial charge in [-0.25, -0.2) is 0 Å². The fraction of sp³-hybridized carbons (Fsp3) is 0.429. The van der Waals surface area contributed by atoms with Gasteiger partial charge in [0.25, 0.3) is 0 Å². The third-order valence-electron chi connectivity index (χ3n) is 3.18. The van der Waals surface area contributed by atoms with E-state index in [1.807, 2.05) is 4.90 Å². The molecule has 0 spiro atoms. The molecule has 0 saturated heterocycles. The highest BCUT2D eigenvalue weighted by molar-refractivity contribution is 7.16. The largest absolute Gasteiger partial charge is 0.481 e. The number of thiophene rings is 1. The van der Waals surface area contributed by atoms with Crippen LogP contribution in [-0.4, -0.2) is 24.2 Å². The van der Waals surface area contributed by atoms with E-state index < -0.39 is 5.97 Å². The van der Waals surface area contributed by atoms with Crippen molar-refractivity contribution in [2.75, 3.05) is 18.0 Å². The molecule has 0 bridgehead atoms. The molecule has 1 aliphatic rings. The molecule has 0 aliphatic heterocycles. The molecule has 4 nitrogen and oxygen atoms in total. The molecule has 2 rings (SSSR count). The van der Waals surface area contributed by atoms with Crippen LogP contribution in [0.5, 0.6) is 0 Å². The average Bonchev–Trinajstić information content (AvgIpc) is 2.93. The van der Waals surface area contributed by atoms with Gasteiger partial charge in [-0.15, -0.1) is 17.8 Å². The number of anilines is 1. The van der Waals surface area contributed by atoms with Gasteiger partial charge in [-0.1, -0.05) is 5.92 Å². The van der Waals surface area contributed by atoms with Gasteiger partial charge in [0, 0.05) is 11.4 Å². The summed E-state index contributed by atoms with van der Waals surface area (Å²) in [5.74, 6) is 1.68. The first-order valence-electron chi connectivity index (χ1n) is 6.12. The summed E-state index contributed by atoms with van der Waals surface area (Å²) in [4.78, 5) is 13.8. The smallest absolute Gasteiger partial charge is 0.305 e. The van der Waals surface area contributed by atoms with Crippen molar-refractivity contribution in [3.8, 4) is 18.4 Å². The molecule has 98 valence electrons. The molecule has 1 heterocycles. The minimum Gasteiger partial charge on any atom is -0.481 e. The number of nitriles is 1. The highest BCUT2D eigenvalue weighted by Crippen LogP contribution is 2.40. The molecule has 0 fully saturated rings. The lowest BCUT2D eigenvalue weighted by molar-refractivity contribution is -0.136. The van der Waals surface area contributed by atoms with E-state index in [0.717, 1.165) is 29.8 Å². The van der Waals surface area contributed by atoms with Crippen molar-refractivity contribution < 1.29 is 9.90 Å². The van der Waals surface area contributed by atoms with E-state index in [1.165, 1.54) is 4.88 Å². The molecule has 1 aromatic heterocycles.